The van der Waals surface area contributed by atoms with Crippen LogP contribution in [0.4, 0.5) is 11.5 Å². The third kappa shape index (κ3) is 4.32. The summed E-state index contributed by atoms with van der Waals surface area (Å²) in [6, 6.07) is 10.8. The first-order chi connectivity index (χ1) is 12.2. The molecule has 25 heavy (non-hydrogen) atoms. The lowest BCUT2D eigenvalue weighted by Gasteiger charge is -2.15. The Labute approximate surface area is 146 Å². The maximum Gasteiger partial charge on any atom is 0.358 e. The summed E-state index contributed by atoms with van der Waals surface area (Å²) in [7, 11) is 1.30. The number of ether oxygens (including phenoxy) is 1. The molecule has 1 aliphatic heterocycles. The van der Waals surface area contributed by atoms with Gasteiger partial charge in [0.15, 0.2) is 11.5 Å². The van der Waals surface area contributed by atoms with Gasteiger partial charge in [0.25, 0.3) is 0 Å². The van der Waals surface area contributed by atoms with Crippen LogP contribution in [0, 0.1) is 0 Å². The van der Waals surface area contributed by atoms with Crippen LogP contribution in [-0.4, -0.2) is 47.2 Å². The highest BCUT2D eigenvalue weighted by atomic mass is 16.5. The average molecular weight is 340 g/mol. The van der Waals surface area contributed by atoms with Crippen LogP contribution in [-0.2, 0) is 16.0 Å². The monoisotopic (exact) mass is 340 g/mol. The van der Waals surface area contributed by atoms with E-state index in [0.717, 1.165) is 37.2 Å². The summed E-state index contributed by atoms with van der Waals surface area (Å²) in [5, 5.41) is 10.9. The largest absolute Gasteiger partial charge is 0.464 e. The van der Waals surface area contributed by atoms with Crippen molar-refractivity contribution in [1.29, 1.82) is 0 Å². The Morgan fingerprint density at radius 1 is 1.08 bits per heavy atom. The van der Waals surface area contributed by atoms with Crippen LogP contribution >= 0.6 is 0 Å². The molecule has 7 heteroatoms. The van der Waals surface area contributed by atoms with Crippen molar-refractivity contribution in [3.8, 4) is 0 Å². The minimum absolute atomic E-state index is 0.156. The molecule has 0 saturated carbocycles. The molecule has 0 spiro atoms. The lowest BCUT2D eigenvalue weighted by Crippen LogP contribution is -2.29. The van der Waals surface area contributed by atoms with E-state index < -0.39 is 5.97 Å². The molecule has 0 bridgehead atoms. The normalized spacial score (nSPS) is 13.6. The second-order valence-corrected chi connectivity index (χ2v) is 5.88. The summed E-state index contributed by atoms with van der Waals surface area (Å²) in [5.74, 6) is 0.182. The van der Waals surface area contributed by atoms with Crippen LogP contribution in [0.2, 0.25) is 0 Å². The van der Waals surface area contributed by atoms with Gasteiger partial charge in [0, 0.05) is 18.8 Å². The fourth-order valence-electron chi connectivity index (χ4n) is 2.72. The minimum Gasteiger partial charge on any atom is -0.464 e. The fraction of sp³-hybridized carbons (Fsp3) is 0.333. The second kappa shape index (κ2) is 7.74. The van der Waals surface area contributed by atoms with Crippen LogP contribution < -0.4 is 5.32 Å². The number of nitrogens with one attached hydrogen (secondary N) is 1. The molecule has 1 aromatic carbocycles. The van der Waals surface area contributed by atoms with Gasteiger partial charge in [0.1, 0.15) is 0 Å². The second-order valence-electron chi connectivity index (χ2n) is 5.88. The quantitative estimate of drug-likeness (QED) is 0.840. The number of rotatable bonds is 5. The van der Waals surface area contributed by atoms with Gasteiger partial charge >= 0.3 is 5.97 Å². The highest BCUT2D eigenvalue weighted by Gasteiger charge is 2.17. The zero-order valence-electron chi connectivity index (χ0n) is 14.1. The number of hydrogen-bond acceptors (Lipinski definition) is 6. The van der Waals surface area contributed by atoms with Crippen LogP contribution in [0.15, 0.2) is 36.4 Å². The summed E-state index contributed by atoms with van der Waals surface area (Å²) in [5.41, 5.74) is 1.97. The van der Waals surface area contributed by atoms with Gasteiger partial charge in [0.05, 0.1) is 13.5 Å². The van der Waals surface area contributed by atoms with E-state index in [9.17, 15) is 9.59 Å². The Kier molecular flexibility index (Phi) is 5.23. The molecule has 1 aliphatic rings. The molecule has 1 aromatic heterocycles. The number of carbonyl (C=O) groups is 2. The zero-order chi connectivity index (χ0) is 17.6. The van der Waals surface area contributed by atoms with Crippen molar-refractivity contribution in [3.63, 3.8) is 0 Å². The Hall–Kier alpha value is -2.96. The molecule has 0 atom stereocenters. The van der Waals surface area contributed by atoms with E-state index >= 15 is 0 Å². The number of hydrogen-bond donors (Lipinski definition) is 1. The first-order valence-corrected chi connectivity index (χ1v) is 8.21. The van der Waals surface area contributed by atoms with Gasteiger partial charge in [0.2, 0.25) is 5.91 Å². The maximum atomic E-state index is 12.2. The molecule has 1 saturated heterocycles. The SMILES string of the molecule is COC(=O)c1ccc(Nc2ccc(CC(=O)N3CCCC3)cc2)nn1. The summed E-state index contributed by atoms with van der Waals surface area (Å²) < 4.78 is 4.58. The van der Waals surface area contributed by atoms with Gasteiger partial charge in [-0.25, -0.2) is 4.79 Å². The number of aromatic nitrogens is 2. The lowest BCUT2D eigenvalue weighted by atomic mass is 10.1. The standard InChI is InChI=1S/C18H20N4O3/c1-25-18(24)15-8-9-16(21-20-15)19-14-6-4-13(5-7-14)12-17(23)22-10-2-3-11-22/h4-9H,2-3,10-12H2,1H3,(H,19,21). The third-order valence-corrected chi connectivity index (χ3v) is 4.10. The predicted octanol–water partition coefficient (Wildman–Crippen LogP) is 2.17. The van der Waals surface area contributed by atoms with Crippen molar-refractivity contribution in [1.82, 2.24) is 15.1 Å². The summed E-state index contributed by atoms with van der Waals surface area (Å²) in [6.07, 6.45) is 2.63. The topological polar surface area (TPSA) is 84.4 Å². The Morgan fingerprint density at radius 3 is 2.40 bits per heavy atom. The average Bonchev–Trinajstić information content (AvgIpc) is 3.18. The van der Waals surface area contributed by atoms with E-state index in [0.29, 0.717) is 12.2 Å². The number of benzene rings is 1. The number of likely N-dealkylation sites (tertiary alicyclic amines) is 1. The van der Waals surface area contributed by atoms with E-state index in [-0.39, 0.29) is 11.6 Å². The van der Waals surface area contributed by atoms with Crippen molar-refractivity contribution in [2.24, 2.45) is 0 Å². The first-order valence-electron chi connectivity index (χ1n) is 8.21. The molecule has 130 valence electrons. The van der Waals surface area contributed by atoms with Crippen molar-refractivity contribution in [2.45, 2.75) is 19.3 Å². The third-order valence-electron chi connectivity index (χ3n) is 4.10. The van der Waals surface area contributed by atoms with Crippen molar-refractivity contribution in [2.75, 3.05) is 25.5 Å². The Balaban J connectivity index is 1.58. The van der Waals surface area contributed by atoms with Gasteiger partial charge in [-0.2, -0.15) is 0 Å². The Morgan fingerprint density at radius 2 is 1.80 bits per heavy atom. The number of amides is 1. The van der Waals surface area contributed by atoms with Crippen molar-refractivity contribution in [3.05, 3.63) is 47.7 Å². The molecule has 2 heterocycles. The molecule has 7 nitrogen and oxygen atoms in total. The lowest BCUT2D eigenvalue weighted by molar-refractivity contribution is -0.129. The summed E-state index contributed by atoms with van der Waals surface area (Å²) >= 11 is 0. The van der Waals surface area contributed by atoms with Crippen LogP contribution in [0.1, 0.15) is 28.9 Å². The molecular weight excluding hydrogens is 320 g/mol. The van der Waals surface area contributed by atoms with Crippen molar-refractivity contribution >= 4 is 23.4 Å². The first kappa shape index (κ1) is 16.9. The van der Waals surface area contributed by atoms with E-state index in [1.807, 2.05) is 29.2 Å². The van der Waals surface area contributed by atoms with E-state index in [2.05, 4.69) is 20.3 Å². The molecule has 3 rings (SSSR count). The van der Waals surface area contributed by atoms with E-state index in [1.165, 1.54) is 7.11 Å². The molecule has 1 amide bonds. The van der Waals surface area contributed by atoms with Crippen LogP contribution in [0.3, 0.4) is 0 Å². The van der Waals surface area contributed by atoms with E-state index in [1.54, 1.807) is 12.1 Å². The summed E-state index contributed by atoms with van der Waals surface area (Å²) in [6.45, 7) is 1.75. The molecule has 1 N–H and O–H groups in total. The van der Waals surface area contributed by atoms with Gasteiger partial charge in [-0.1, -0.05) is 12.1 Å². The zero-order valence-corrected chi connectivity index (χ0v) is 14.1. The molecule has 1 fully saturated rings. The fourth-order valence-corrected chi connectivity index (χ4v) is 2.72. The molecule has 0 unspecified atom stereocenters. The number of nitrogens with zero attached hydrogens (tertiary/aromatic N) is 3. The molecular formula is C18H20N4O3. The smallest absolute Gasteiger partial charge is 0.358 e. The van der Waals surface area contributed by atoms with Gasteiger partial charge in [-0.3, -0.25) is 4.79 Å². The van der Waals surface area contributed by atoms with Crippen LogP contribution in [0.5, 0.6) is 0 Å². The molecule has 2 aromatic rings. The highest BCUT2D eigenvalue weighted by Crippen LogP contribution is 2.16. The summed E-state index contributed by atoms with van der Waals surface area (Å²) in [4.78, 5) is 25.4. The molecule has 0 aliphatic carbocycles. The number of methoxy groups -OCH3 is 1. The Bertz CT molecular complexity index is 738. The number of anilines is 2. The number of esters is 1. The minimum atomic E-state index is -0.522. The van der Waals surface area contributed by atoms with Gasteiger partial charge in [-0.15, -0.1) is 10.2 Å². The van der Waals surface area contributed by atoms with Crippen molar-refractivity contribution < 1.29 is 14.3 Å². The van der Waals surface area contributed by atoms with Crippen LogP contribution in [0.25, 0.3) is 0 Å². The van der Waals surface area contributed by atoms with E-state index in [4.69, 9.17) is 0 Å². The van der Waals surface area contributed by atoms with Gasteiger partial charge < -0.3 is 15.0 Å². The molecule has 0 radical (unpaired) electrons. The van der Waals surface area contributed by atoms with Gasteiger partial charge in [-0.05, 0) is 42.7 Å². The predicted molar refractivity (Wildman–Crippen MR) is 92.6 cm³/mol. The highest BCUT2D eigenvalue weighted by molar-refractivity contribution is 5.87. The number of carbonyl (C=O) groups excluding carboxylic acids is 2. The maximum absolute atomic E-state index is 12.2.